The van der Waals surface area contributed by atoms with Crippen molar-refractivity contribution in [3.05, 3.63) is 30.6 Å². The molecule has 6 nitrogen and oxygen atoms in total. The fourth-order valence-electron chi connectivity index (χ4n) is 2.33. The van der Waals surface area contributed by atoms with Crippen LogP contribution in [0.1, 0.15) is 39.7 Å². The second-order valence-corrected chi connectivity index (χ2v) is 5.75. The smallest absolute Gasteiger partial charge is 0.306 e. The van der Waals surface area contributed by atoms with E-state index in [0.29, 0.717) is 19.4 Å². The van der Waals surface area contributed by atoms with Crippen molar-refractivity contribution in [3.8, 4) is 0 Å². The SMILES string of the molecule is CC(C)OC(=O)CCCNC(=O)[C@H](C)n1cnc2ccccc21. The number of hydrogen-bond donors (Lipinski definition) is 1. The minimum atomic E-state index is -0.356. The zero-order chi connectivity index (χ0) is 16.8. The largest absolute Gasteiger partial charge is 0.463 e. The molecule has 0 saturated heterocycles. The molecule has 0 saturated carbocycles. The second kappa shape index (κ2) is 7.76. The van der Waals surface area contributed by atoms with Gasteiger partial charge in [0.15, 0.2) is 0 Å². The molecule has 23 heavy (non-hydrogen) atoms. The lowest BCUT2D eigenvalue weighted by molar-refractivity contribution is -0.147. The third kappa shape index (κ3) is 4.55. The van der Waals surface area contributed by atoms with Crippen molar-refractivity contribution in [2.24, 2.45) is 0 Å². The maximum Gasteiger partial charge on any atom is 0.306 e. The molecule has 0 radical (unpaired) electrons. The summed E-state index contributed by atoms with van der Waals surface area (Å²) in [5.41, 5.74) is 1.79. The fourth-order valence-corrected chi connectivity index (χ4v) is 2.33. The van der Waals surface area contributed by atoms with E-state index in [4.69, 9.17) is 4.74 Å². The van der Waals surface area contributed by atoms with Gasteiger partial charge in [0.25, 0.3) is 0 Å². The quantitative estimate of drug-likeness (QED) is 0.629. The normalized spacial score (nSPS) is 12.3. The van der Waals surface area contributed by atoms with Gasteiger partial charge in [-0.05, 0) is 39.3 Å². The number of hydrogen-bond acceptors (Lipinski definition) is 4. The van der Waals surface area contributed by atoms with Crippen LogP contribution in [-0.4, -0.2) is 34.1 Å². The number of amides is 1. The first-order valence-corrected chi connectivity index (χ1v) is 7.88. The number of esters is 1. The Balaban J connectivity index is 1.83. The molecule has 1 atom stereocenters. The lowest BCUT2D eigenvalue weighted by atomic mass is 10.2. The summed E-state index contributed by atoms with van der Waals surface area (Å²) in [6.45, 7) is 5.91. The first-order chi connectivity index (χ1) is 11.0. The van der Waals surface area contributed by atoms with Crippen LogP contribution in [0.25, 0.3) is 11.0 Å². The zero-order valence-corrected chi connectivity index (χ0v) is 13.8. The van der Waals surface area contributed by atoms with E-state index in [9.17, 15) is 9.59 Å². The summed E-state index contributed by atoms with van der Waals surface area (Å²) in [6.07, 6.45) is 2.44. The predicted molar refractivity (Wildman–Crippen MR) is 87.9 cm³/mol. The summed E-state index contributed by atoms with van der Waals surface area (Å²) in [7, 11) is 0. The molecule has 1 aromatic carbocycles. The number of para-hydroxylation sites is 2. The molecule has 0 aliphatic carbocycles. The molecule has 0 bridgehead atoms. The highest BCUT2D eigenvalue weighted by Gasteiger charge is 2.16. The van der Waals surface area contributed by atoms with Crippen molar-refractivity contribution < 1.29 is 14.3 Å². The van der Waals surface area contributed by atoms with Gasteiger partial charge < -0.3 is 14.6 Å². The summed E-state index contributed by atoms with van der Waals surface area (Å²) >= 11 is 0. The van der Waals surface area contributed by atoms with E-state index in [1.165, 1.54) is 0 Å². The summed E-state index contributed by atoms with van der Waals surface area (Å²) in [4.78, 5) is 27.9. The number of ether oxygens (including phenoxy) is 1. The Morgan fingerprint density at radius 2 is 2.00 bits per heavy atom. The van der Waals surface area contributed by atoms with Crippen LogP contribution in [-0.2, 0) is 14.3 Å². The maximum absolute atomic E-state index is 12.2. The standard InChI is InChI=1S/C17H23N3O3/c1-12(2)23-16(21)9-6-10-18-17(22)13(3)20-11-19-14-7-4-5-8-15(14)20/h4-5,7-8,11-13H,6,9-10H2,1-3H3,(H,18,22)/t13-/m0/s1. The number of fused-ring (bicyclic) bond motifs is 1. The number of imidazole rings is 1. The van der Waals surface area contributed by atoms with Crippen molar-refractivity contribution >= 4 is 22.9 Å². The highest BCUT2D eigenvalue weighted by molar-refractivity contribution is 5.83. The van der Waals surface area contributed by atoms with Crippen LogP contribution >= 0.6 is 0 Å². The monoisotopic (exact) mass is 317 g/mol. The topological polar surface area (TPSA) is 73.2 Å². The molecular weight excluding hydrogens is 294 g/mol. The van der Waals surface area contributed by atoms with Crippen molar-refractivity contribution in [2.75, 3.05) is 6.54 Å². The molecule has 1 N–H and O–H groups in total. The van der Waals surface area contributed by atoms with E-state index in [0.717, 1.165) is 11.0 Å². The highest BCUT2D eigenvalue weighted by atomic mass is 16.5. The number of carbonyl (C=O) groups is 2. The van der Waals surface area contributed by atoms with Crippen LogP contribution < -0.4 is 5.32 Å². The molecule has 1 heterocycles. The number of nitrogens with one attached hydrogen (secondary N) is 1. The third-order valence-electron chi connectivity index (χ3n) is 3.50. The Kier molecular flexibility index (Phi) is 5.73. The number of nitrogens with zero attached hydrogens (tertiary/aromatic N) is 2. The summed E-state index contributed by atoms with van der Waals surface area (Å²) in [5.74, 6) is -0.326. The molecule has 1 aromatic heterocycles. The Morgan fingerprint density at radius 1 is 1.26 bits per heavy atom. The van der Waals surface area contributed by atoms with Crippen LogP contribution in [0.2, 0.25) is 0 Å². The number of carbonyl (C=O) groups excluding carboxylic acids is 2. The summed E-state index contributed by atoms with van der Waals surface area (Å²) in [5, 5.41) is 2.85. The van der Waals surface area contributed by atoms with E-state index in [-0.39, 0.29) is 24.0 Å². The lowest BCUT2D eigenvalue weighted by Gasteiger charge is -2.14. The molecule has 0 fully saturated rings. The Labute approximate surface area is 135 Å². The molecule has 0 aliphatic heterocycles. The van der Waals surface area contributed by atoms with Gasteiger partial charge in [0, 0.05) is 13.0 Å². The predicted octanol–water partition coefficient (Wildman–Crippen LogP) is 2.45. The van der Waals surface area contributed by atoms with Crippen molar-refractivity contribution in [2.45, 2.75) is 45.8 Å². The molecule has 1 amide bonds. The van der Waals surface area contributed by atoms with Gasteiger partial charge in [-0.3, -0.25) is 9.59 Å². The second-order valence-electron chi connectivity index (χ2n) is 5.75. The molecule has 2 aromatic rings. The Hall–Kier alpha value is -2.37. The molecule has 2 rings (SSSR count). The minimum absolute atomic E-state index is 0.0922. The molecule has 0 unspecified atom stereocenters. The fraction of sp³-hybridized carbons (Fsp3) is 0.471. The van der Waals surface area contributed by atoms with E-state index < -0.39 is 0 Å². The van der Waals surface area contributed by atoms with Crippen LogP contribution in [0.5, 0.6) is 0 Å². The zero-order valence-electron chi connectivity index (χ0n) is 13.8. The molecular formula is C17H23N3O3. The van der Waals surface area contributed by atoms with Crippen LogP contribution in [0.3, 0.4) is 0 Å². The van der Waals surface area contributed by atoms with Gasteiger partial charge in [0.1, 0.15) is 6.04 Å². The summed E-state index contributed by atoms with van der Waals surface area (Å²) < 4.78 is 6.89. The average molecular weight is 317 g/mol. The average Bonchev–Trinajstić information content (AvgIpc) is 2.94. The van der Waals surface area contributed by atoms with Gasteiger partial charge in [0.2, 0.25) is 5.91 Å². The number of aromatic nitrogens is 2. The van der Waals surface area contributed by atoms with Gasteiger partial charge in [-0.15, -0.1) is 0 Å². The summed E-state index contributed by atoms with van der Waals surface area (Å²) in [6, 6.07) is 7.33. The first kappa shape index (κ1) is 17.0. The van der Waals surface area contributed by atoms with E-state index in [2.05, 4.69) is 10.3 Å². The molecule has 6 heteroatoms. The maximum atomic E-state index is 12.2. The van der Waals surface area contributed by atoms with Crippen molar-refractivity contribution in [3.63, 3.8) is 0 Å². The van der Waals surface area contributed by atoms with Crippen molar-refractivity contribution in [1.82, 2.24) is 14.9 Å². The van der Waals surface area contributed by atoms with Gasteiger partial charge in [-0.1, -0.05) is 12.1 Å². The van der Waals surface area contributed by atoms with Gasteiger partial charge in [0.05, 0.1) is 23.5 Å². The Morgan fingerprint density at radius 3 is 2.74 bits per heavy atom. The molecule has 124 valence electrons. The van der Waals surface area contributed by atoms with E-state index in [1.807, 2.05) is 49.6 Å². The first-order valence-electron chi connectivity index (χ1n) is 7.88. The van der Waals surface area contributed by atoms with Gasteiger partial charge in [-0.2, -0.15) is 0 Å². The molecule has 0 aliphatic rings. The van der Waals surface area contributed by atoms with Gasteiger partial charge in [-0.25, -0.2) is 4.98 Å². The molecule has 0 spiro atoms. The minimum Gasteiger partial charge on any atom is -0.463 e. The van der Waals surface area contributed by atoms with E-state index in [1.54, 1.807) is 6.33 Å². The highest BCUT2D eigenvalue weighted by Crippen LogP contribution is 2.17. The number of benzene rings is 1. The van der Waals surface area contributed by atoms with Crippen LogP contribution in [0, 0.1) is 0 Å². The third-order valence-corrected chi connectivity index (χ3v) is 3.50. The van der Waals surface area contributed by atoms with Crippen molar-refractivity contribution in [1.29, 1.82) is 0 Å². The van der Waals surface area contributed by atoms with E-state index >= 15 is 0 Å². The van der Waals surface area contributed by atoms with Crippen LogP contribution in [0.15, 0.2) is 30.6 Å². The van der Waals surface area contributed by atoms with Gasteiger partial charge >= 0.3 is 5.97 Å². The Bertz CT molecular complexity index is 679. The van der Waals surface area contributed by atoms with Crippen LogP contribution in [0.4, 0.5) is 0 Å². The number of rotatable bonds is 7. The lowest BCUT2D eigenvalue weighted by Crippen LogP contribution is -2.31.